The van der Waals surface area contributed by atoms with E-state index >= 15 is 0 Å². The summed E-state index contributed by atoms with van der Waals surface area (Å²) in [5, 5.41) is 12.8. The molecule has 0 aliphatic carbocycles. The maximum Gasteiger partial charge on any atom is 0.251 e. The van der Waals surface area contributed by atoms with Crippen LogP contribution in [0.4, 0.5) is 5.69 Å². The first-order valence-corrected chi connectivity index (χ1v) is 9.92. The number of aryl methyl sites for hydroxylation is 1. The summed E-state index contributed by atoms with van der Waals surface area (Å²) in [6.45, 7) is 6.39. The van der Waals surface area contributed by atoms with Gasteiger partial charge in [0.05, 0.1) is 18.3 Å². The van der Waals surface area contributed by atoms with Crippen LogP contribution in [0.1, 0.15) is 36.2 Å². The molecular formula is C23H30N2O3. The van der Waals surface area contributed by atoms with Crippen molar-refractivity contribution in [3.05, 3.63) is 65.7 Å². The summed E-state index contributed by atoms with van der Waals surface area (Å²) < 4.78 is 5.82. The molecular weight excluding hydrogens is 352 g/mol. The molecule has 2 N–H and O–H groups in total. The molecule has 1 atom stereocenters. The van der Waals surface area contributed by atoms with Crippen LogP contribution >= 0.6 is 0 Å². The molecule has 0 bridgehead atoms. The maximum atomic E-state index is 12.4. The van der Waals surface area contributed by atoms with Gasteiger partial charge in [-0.3, -0.25) is 4.79 Å². The first-order chi connectivity index (χ1) is 13.4. The van der Waals surface area contributed by atoms with Crippen LogP contribution in [0.2, 0.25) is 0 Å². The molecule has 5 heteroatoms. The number of morpholine rings is 1. The van der Waals surface area contributed by atoms with Crippen LogP contribution in [0.3, 0.4) is 0 Å². The van der Waals surface area contributed by atoms with Gasteiger partial charge in [-0.2, -0.15) is 0 Å². The summed E-state index contributed by atoms with van der Waals surface area (Å²) in [7, 11) is 0. The lowest BCUT2D eigenvalue weighted by Gasteiger charge is -2.34. The molecule has 1 saturated heterocycles. The van der Waals surface area contributed by atoms with Gasteiger partial charge in [0, 0.05) is 30.9 Å². The van der Waals surface area contributed by atoms with Gasteiger partial charge < -0.3 is 20.1 Å². The van der Waals surface area contributed by atoms with Crippen molar-refractivity contribution in [3.63, 3.8) is 0 Å². The molecule has 1 heterocycles. The average molecular weight is 383 g/mol. The van der Waals surface area contributed by atoms with Crippen molar-refractivity contribution in [2.45, 2.75) is 38.4 Å². The first-order valence-electron chi connectivity index (χ1n) is 9.92. The highest BCUT2D eigenvalue weighted by molar-refractivity contribution is 5.94. The third-order valence-corrected chi connectivity index (χ3v) is 4.99. The minimum absolute atomic E-state index is 0.0241. The van der Waals surface area contributed by atoms with Gasteiger partial charge in [-0.05, 0) is 56.5 Å². The van der Waals surface area contributed by atoms with Crippen LogP contribution < -0.4 is 10.2 Å². The smallest absolute Gasteiger partial charge is 0.251 e. The van der Waals surface area contributed by atoms with Crippen LogP contribution in [0.5, 0.6) is 0 Å². The van der Waals surface area contributed by atoms with E-state index in [0.717, 1.165) is 25.1 Å². The fourth-order valence-corrected chi connectivity index (χ4v) is 3.30. The first kappa shape index (κ1) is 20.4. The third kappa shape index (κ3) is 6.08. The molecule has 1 fully saturated rings. The van der Waals surface area contributed by atoms with E-state index in [1.54, 1.807) is 13.8 Å². The molecule has 1 unspecified atom stereocenters. The highest BCUT2D eigenvalue weighted by Gasteiger charge is 2.21. The number of anilines is 1. The molecule has 1 aliphatic rings. The lowest BCUT2D eigenvalue weighted by molar-refractivity contribution is 0.0397. The van der Waals surface area contributed by atoms with E-state index in [4.69, 9.17) is 4.74 Å². The number of rotatable bonds is 7. The lowest BCUT2D eigenvalue weighted by atomic mass is 9.98. The normalized spacial score (nSPS) is 17.4. The number of aliphatic hydroxyl groups is 1. The molecule has 3 rings (SSSR count). The zero-order chi connectivity index (χ0) is 20.0. The van der Waals surface area contributed by atoms with Crippen LogP contribution in [0.15, 0.2) is 54.6 Å². The Labute approximate surface area is 167 Å². The fraction of sp³-hybridized carbons (Fsp3) is 0.435. The van der Waals surface area contributed by atoms with Crippen molar-refractivity contribution in [2.24, 2.45) is 0 Å². The van der Waals surface area contributed by atoms with Gasteiger partial charge >= 0.3 is 0 Å². The minimum Gasteiger partial charge on any atom is -0.390 e. The molecule has 5 nitrogen and oxygen atoms in total. The zero-order valence-corrected chi connectivity index (χ0v) is 16.7. The highest BCUT2D eigenvalue weighted by atomic mass is 16.5. The Hall–Kier alpha value is -2.37. The van der Waals surface area contributed by atoms with Gasteiger partial charge in [0.1, 0.15) is 0 Å². The SMILES string of the molecule is CC(C)(O)CCc1ccc(C(=O)NCC2CN(c3ccccc3)CCO2)cc1. The second kappa shape index (κ2) is 9.22. The Morgan fingerprint density at radius 3 is 2.57 bits per heavy atom. The number of ether oxygens (including phenoxy) is 1. The van der Waals surface area contributed by atoms with Gasteiger partial charge in [-0.15, -0.1) is 0 Å². The maximum absolute atomic E-state index is 12.4. The number of amides is 1. The monoisotopic (exact) mass is 382 g/mol. The summed E-state index contributed by atoms with van der Waals surface area (Å²) in [6, 6.07) is 17.9. The molecule has 0 spiro atoms. The Bertz CT molecular complexity index is 754. The fourth-order valence-electron chi connectivity index (χ4n) is 3.30. The van der Waals surface area contributed by atoms with Crippen molar-refractivity contribution in [3.8, 4) is 0 Å². The molecule has 2 aromatic rings. The van der Waals surface area contributed by atoms with Gasteiger partial charge in [0.25, 0.3) is 5.91 Å². The molecule has 28 heavy (non-hydrogen) atoms. The van der Waals surface area contributed by atoms with Crippen molar-refractivity contribution in [2.75, 3.05) is 31.1 Å². The standard InChI is InChI=1S/C23H30N2O3/c1-23(2,27)13-12-18-8-10-19(11-9-18)22(26)24-16-21-17-25(14-15-28-21)20-6-4-3-5-7-20/h3-11,21,27H,12-17H2,1-2H3,(H,24,26). The Balaban J connectivity index is 1.48. The summed E-state index contributed by atoms with van der Waals surface area (Å²) in [6.07, 6.45) is 1.45. The van der Waals surface area contributed by atoms with Crippen molar-refractivity contribution >= 4 is 11.6 Å². The Morgan fingerprint density at radius 1 is 1.18 bits per heavy atom. The minimum atomic E-state index is -0.677. The van der Waals surface area contributed by atoms with Crippen LogP contribution in [-0.4, -0.2) is 49.0 Å². The highest BCUT2D eigenvalue weighted by Crippen LogP contribution is 2.17. The number of nitrogens with zero attached hydrogens (tertiary/aromatic N) is 1. The second-order valence-corrected chi connectivity index (χ2v) is 7.99. The zero-order valence-electron chi connectivity index (χ0n) is 16.7. The molecule has 1 aliphatic heterocycles. The van der Waals surface area contributed by atoms with Crippen molar-refractivity contribution in [1.29, 1.82) is 0 Å². The summed E-state index contributed by atoms with van der Waals surface area (Å²) >= 11 is 0. The summed E-state index contributed by atoms with van der Waals surface area (Å²) in [4.78, 5) is 14.7. The number of benzene rings is 2. The molecule has 0 radical (unpaired) electrons. The number of nitrogens with one attached hydrogen (secondary N) is 1. The van der Waals surface area contributed by atoms with Gasteiger partial charge in [0.2, 0.25) is 0 Å². The molecule has 150 valence electrons. The van der Waals surface area contributed by atoms with E-state index in [0.29, 0.717) is 25.1 Å². The predicted molar refractivity (Wildman–Crippen MR) is 112 cm³/mol. The van der Waals surface area contributed by atoms with Gasteiger partial charge in [0.15, 0.2) is 0 Å². The number of hydrogen-bond donors (Lipinski definition) is 2. The number of hydrogen-bond acceptors (Lipinski definition) is 4. The Morgan fingerprint density at radius 2 is 1.89 bits per heavy atom. The van der Waals surface area contributed by atoms with E-state index in [1.807, 2.05) is 42.5 Å². The number of para-hydroxylation sites is 1. The second-order valence-electron chi connectivity index (χ2n) is 7.99. The topological polar surface area (TPSA) is 61.8 Å². The van der Waals surface area contributed by atoms with E-state index in [2.05, 4.69) is 22.3 Å². The average Bonchev–Trinajstić information content (AvgIpc) is 2.71. The quantitative estimate of drug-likeness (QED) is 0.773. The molecule has 0 saturated carbocycles. The Kier molecular flexibility index (Phi) is 6.70. The number of carbonyl (C=O) groups is 1. The molecule has 1 amide bonds. The van der Waals surface area contributed by atoms with E-state index in [1.165, 1.54) is 5.69 Å². The van der Waals surface area contributed by atoms with E-state index in [-0.39, 0.29) is 12.0 Å². The van der Waals surface area contributed by atoms with E-state index < -0.39 is 5.60 Å². The van der Waals surface area contributed by atoms with E-state index in [9.17, 15) is 9.90 Å². The van der Waals surface area contributed by atoms with Gasteiger partial charge in [-0.1, -0.05) is 30.3 Å². The summed E-state index contributed by atoms with van der Waals surface area (Å²) in [5.74, 6) is -0.0885. The van der Waals surface area contributed by atoms with Gasteiger partial charge in [-0.25, -0.2) is 0 Å². The van der Waals surface area contributed by atoms with Crippen LogP contribution in [0, 0.1) is 0 Å². The number of carbonyl (C=O) groups excluding carboxylic acids is 1. The molecule has 2 aromatic carbocycles. The van der Waals surface area contributed by atoms with Crippen molar-refractivity contribution < 1.29 is 14.6 Å². The molecule has 0 aromatic heterocycles. The predicted octanol–water partition coefficient (Wildman–Crippen LogP) is 3.03. The van der Waals surface area contributed by atoms with Crippen LogP contribution in [0.25, 0.3) is 0 Å². The lowest BCUT2D eigenvalue weighted by Crippen LogP contribution is -2.47. The largest absolute Gasteiger partial charge is 0.390 e. The third-order valence-electron chi connectivity index (χ3n) is 4.99. The summed E-state index contributed by atoms with van der Waals surface area (Å²) in [5.41, 5.74) is 2.27. The van der Waals surface area contributed by atoms with Crippen LogP contribution in [-0.2, 0) is 11.2 Å². The van der Waals surface area contributed by atoms with Crippen molar-refractivity contribution in [1.82, 2.24) is 5.32 Å².